The van der Waals surface area contributed by atoms with Crippen LogP contribution in [0.4, 0.5) is 0 Å². The van der Waals surface area contributed by atoms with Crippen LogP contribution in [0, 0.1) is 0 Å². The van der Waals surface area contributed by atoms with Crippen molar-refractivity contribution >= 4 is 10.9 Å². The zero-order valence-corrected chi connectivity index (χ0v) is 12.8. The minimum atomic E-state index is 0.731. The largest absolute Gasteiger partial charge is 0.497 e. The third-order valence-corrected chi connectivity index (χ3v) is 3.62. The van der Waals surface area contributed by atoms with Crippen LogP contribution in [0.15, 0.2) is 48.7 Å². The van der Waals surface area contributed by atoms with E-state index in [1.165, 1.54) is 0 Å². The fraction of sp³-hybridized carbons (Fsp3) is 0.167. The summed E-state index contributed by atoms with van der Waals surface area (Å²) in [5.74, 6) is 2.31. The Morgan fingerprint density at radius 1 is 0.727 bits per heavy atom. The summed E-state index contributed by atoms with van der Waals surface area (Å²) >= 11 is 0. The number of hydrogen-bond acceptors (Lipinski definition) is 4. The van der Waals surface area contributed by atoms with E-state index in [-0.39, 0.29) is 0 Å². The second-order valence-corrected chi connectivity index (χ2v) is 4.85. The van der Waals surface area contributed by atoms with Crippen molar-refractivity contribution in [2.24, 2.45) is 0 Å². The van der Waals surface area contributed by atoms with E-state index in [2.05, 4.69) is 11.1 Å². The van der Waals surface area contributed by atoms with Crippen molar-refractivity contribution in [3.8, 4) is 28.4 Å². The van der Waals surface area contributed by atoms with Crippen LogP contribution in [-0.2, 0) is 0 Å². The van der Waals surface area contributed by atoms with Gasteiger partial charge in [0.2, 0.25) is 0 Å². The number of rotatable bonds is 4. The van der Waals surface area contributed by atoms with Gasteiger partial charge in [-0.3, -0.25) is 4.98 Å². The third kappa shape index (κ3) is 2.55. The van der Waals surface area contributed by atoms with Gasteiger partial charge < -0.3 is 14.2 Å². The van der Waals surface area contributed by atoms with Gasteiger partial charge in [0.25, 0.3) is 0 Å². The number of hydrogen-bond donors (Lipinski definition) is 0. The Morgan fingerprint density at radius 2 is 1.45 bits per heavy atom. The normalized spacial score (nSPS) is 10.5. The van der Waals surface area contributed by atoms with E-state index in [1.807, 2.05) is 42.6 Å². The van der Waals surface area contributed by atoms with Crippen LogP contribution >= 0.6 is 0 Å². The van der Waals surface area contributed by atoms with Crippen LogP contribution in [0.3, 0.4) is 0 Å². The van der Waals surface area contributed by atoms with Crippen molar-refractivity contribution in [2.75, 3.05) is 21.3 Å². The van der Waals surface area contributed by atoms with Gasteiger partial charge in [0, 0.05) is 29.3 Å². The van der Waals surface area contributed by atoms with Crippen molar-refractivity contribution in [1.82, 2.24) is 4.98 Å². The number of nitrogens with zero attached hydrogens (tertiary/aromatic N) is 1. The lowest BCUT2D eigenvalue weighted by molar-refractivity contribution is 0.398. The number of methoxy groups -OCH3 is 3. The molecular formula is C18H17NO3. The van der Waals surface area contributed by atoms with Gasteiger partial charge in [-0.05, 0) is 23.8 Å². The van der Waals surface area contributed by atoms with Crippen molar-refractivity contribution in [3.05, 3.63) is 48.7 Å². The molecule has 0 unspecified atom stereocenters. The van der Waals surface area contributed by atoms with Crippen molar-refractivity contribution in [2.45, 2.75) is 0 Å². The summed E-state index contributed by atoms with van der Waals surface area (Å²) in [4.78, 5) is 4.53. The minimum Gasteiger partial charge on any atom is -0.497 e. The van der Waals surface area contributed by atoms with E-state index in [1.54, 1.807) is 21.3 Å². The average Bonchev–Trinajstić information content (AvgIpc) is 2.60. The summed E-state index contributed by atoms with van der Waals surface area (Å²) in [6.07, 6.45) is 1.85. The number of fused-ring (bicyclic) bond motifs is 1. The van der Waals surface area contributed by atoms with E-state index in [0.717, 1.165) is 39.3 Å². The number of pyridine rings is 1. The van der Waals surface area contributed by atoms with E-state index in [0.29, 0.717) is 0 Å². The molecule has 112 valence electrons. The average molecular weight is 295 g/mol. The van der Waals surface area contributed by atoms with Crippen LogP contribution < -0.4 is 14.2 Å². The molecule has 0 amide bonds. The maximum Gasteiger partial charge on any atom is 0.131 e. The predicted molar refractivity (Wildman–Crippen MR) is 86.8 cm³/mol. The molecule has 0 aliphatic carbocycles. The van der Waals surface area contributed by atoms with Gasteiger partial charge in [-0.15, -0.1) is 0 Å². The number of ether oxygens (including phenoxy) is 3. The maximum atomic E-state index is 5.46. The van der Waals surface area contributed by atoms with Crippen LogP contribution in [0.5, 0.6) is 17.2 Å². The molecule has 0 spiro atoms. The smallest absolute Gasteiger partial charge is 0.131 e. The highest BCUT2D eigenvalue weighted by molar-refractivity contribution is 5.90. The SMILES string of the molecule is COc1ccc(-c2cnc3cc(OC)cc(OC)c3c2)cc1. The Hall–Kier alpha value is -2.75. The summed E-state index contributed by atoms with van der Waals surface area (Å²) in [5.41, 5.74) is 2.94. The Morgan fingerprint density at radius 3 is 2.09 bits per heavy atom. The highest BCUT2D eigenvalue weighted by atomic mass is 16.5. The van der Waals surface area contributed by atoms with Crippen LogP contribution in [0.25, 0.3) is 22.0 Å². The molecule has 3 rings (SSSR count). The molecule has 0 radical (unpaired) electrons. The van der Waals surface area contributed by atoms with Gasteiger partial charge in [-0.1, -0.05) is 12.1 Å². The van der Waals surface area contributed by atoms with Gasteiger partial charge >= 0.3 is 0 Å². The van der Waals surface area contributed by atoms with E-state index < -0.39 is 0 Å². The molecule has 0 atom stereocenters. The zero-order valence-electron chi connectivity index (χ0n) is 12.8. The summed E-state index contributed by atoms with van der Waals surface area (Å²) in [5, 5.41) is 0.955. The lowest BCUT2D eigenvalue weighted by atomic mass is 10.0. The van der Waals surface area contributed by atoms with Crippen LogP contribution in [-0.4, -0.2) is 26.3 Å². The molecule has 0 aliphatic rings. The van der Waals surface area contributed by atoms with Crippen LogP contribution in [0.1, 0.15) is 0 Å². The predicted octanol–water partition coefficient (Wildman–Crippen LogP) is 3.93. The lowest BCUT2D eigenvalue weighted by Gasteiger charge is -2.10. The lowest BCUT2D eigenvalue weighted by Crippen LogP contribution is -1.91. The third-order valence-electron chi connectivity index (χ3n) is 3.62. The van der Waals surface area contributed by atoms with Gasteiger partial charge in [-0.2, -0.15) is 0 Å². The van der Waals surface area contributed by atoms with Gasteiger partial charge in [-0.25, -0.2) is 0 Å². The number of benzene rings is 2. The first-order chi connectivity index (χ1) is 10.7. The molecule has 2 aromatic carbocycles. The molecule has 0 aliphatic heterocycles. The Labute approximate surface area is 129 Å². The Kier molecular flexibility index (Phi) is 3.83. The van der Waals surface area contributed by atoms with Crippen molar-refractivity contribution < 1.29 is 14.2 Å². The molecule has 1 heterocycles. The van der Waals surface area contributed by atoms with Gasteiger partial charge in [0.15, 0.2) is 0 Å². The molecule has 0 fully saturated rings. The van der Waals surface area contributed by atoms with Gasteiger partial charge in [0.05, 0.1) is 26.8 Å². The monoisotopic (exact) mass is 295 g/mol. The number of aromatic nitrogens is 1. The van der Waals surface area contributed by atoms with E-state index in [4.69, 9.17) is 14.2 Å². The summed E-state index contributed by atoms with van der Waals surface area (Å²) < 4.78 is 15.9. The molecule has 0 bridgehead atoms. The molecule has 4 nitrogen and oxygen atoms in total. The fourth-order valence-corrected chi connectivity index (χ4v) is 2.40. The molecule has 22 heavy (non-hydrogen) atoms. The molecule has 4 heteroatoms. The second-order valence-electron chi connectivity index (χ2n) is 4.85. The summed E-state index contributed by atoms with van der Waals surface area (Å²) in [6, 6.07) is 13.7. The highest BCUT2D eigenvalue weighted by Gasteiger charge is 2.08. The fourth-order valence-electron chi connectivity index (χ4n) is 2.40. The molecule has 1 aromatic heterocycles. The maximum absolute atomic E-state index is 5.46. The summed E-state index contributed by atoms with van der Waals surface area (Å²) in [7, 11) is 4.94. The molecule has 0 saturated heterocycles. The Balaban J connectivity index is 2.11. The van der Waals surface area contributed by atoms with E-state index in [9.17, 15) is 0 Å². The standard InChI is InChI=1S/C18H17NO3/c1-20-14-6-4-12(5-7-14)13-8-16-17(19-11-13)9-15(21-2)10-18(16)22-3/h4-11H,1-3H3. The van der Waals surface area contributed by atoms with E-state index >= 15 is 0 Å². The van der Waals surface area contributed by atoms with Crippen molar-refractivity contribution in [3.63, 3.8) is 0 Å². The first-order valence-corrected chi connectivity index (χ1v) is 6.91. The first-order valence-electron chi connectivity index (χ1n) is 6.91. The zero-order chi connectivity index (χ0) is 15.5. The topological polar surface area (TPSA) is 40.6 Å². The Bertz CT molecular complexity index is 797. The van der Waals surface area contributed by atoms with Crippen LogP contribution in [0.2, 0.25) is 0 Å². The van der Waals surface area contributed by atoms with Gasteiger partial charge in [0.1, 0.15) is 17.2 Å². The summed E-state index contributed by atoms with van der Waals surface area (Å²) in [6.45, 7) is 0. The molecular weight excluding hydrogens is 278 g/mol. The van der Waals surface area contributed by atoms with Crippen molar-refractivity contribution in [1.29, 1.82) is 0 Å². The molecule has 0 N–H and O–H groups in total. The highest BCUT2D eigenvalue weighted by Crippen LogP contribution is 2.33. The second kappa shape index (κ2) is 5.93. The minimum absolute atomic E-state index is 0.731. The quantitative estimate of drug-likeness (QED) is 0.731. The first kappa shape index (κ1) is 14.2. The molecule has 0 saturated carbocycles. The molecule has 3 aromatic rings.